The number of carbonyl (C=O) groups excluding carboxylic acids is 1. The highest BCUT2D eigenvalue weighted by molar-refractivity contribution is 6.35. The molecule has 0 atom stereocenters. The summed E-state index contributed by atoms with van der Waals surface area (Å²) in [6, 6.07) is 13.7. The number of carbonyl (C=O) groups is 2. The molecule has 1 saturated heterocycles. The number of piperazine rings is 1. The molecular weight excluding hydrogens is 481 g/mol. The van der Waals surface area contributed by atoms with Crippen LogP contribution in [-0.2, 0) is 4.74 Å². The second kappa shape index (κ2) is 10.2. The second-order valence-corrected chi connectivity index (χ2v) is 8.48. The van der Waals surface area contributed by atoms with Crippen LogP contribution in [0.1, 0.15) is 10.4 Å². The van der Waals surface area contributed by atoms with Gasteiger partial charge in [-0.25, -0.2) is 14.6 Å². The van der Waals surface area contributed by atoms with Gasteiger partial charge in [0.25, 0.3) is 0 Å². The Morgan fingerprint density at radius 2 is 1.59 bits per heavy atom. The smallest absolute Gasteiger partial charge is 0.407 e. The number of carboxylic acid groups (broad SMARTS) is 1. The van der Waals surface area contributed by atoms with E-state index in [9.17, 15) is 9.59 Å². The molecule has 1 aromatic heterocycles. The van der Waals surface area contributed by atoms with Crippen molar-refractivity contribution in [2.24, 2.45) is 0 Å². The number of aromatic nitrogens is 1. The molecule has 3 aromatic rings. The van der Waals surface area contributed by atoms with E-state index in [-0.39, 0.29) is 0 Å². The molecule has 1 aliphatic rings. The zero-order chi connectivity index (χ0) is 24.2. The summed E-state index contributed by atoms with van der Waals surface area (Å²) in [7, 11) is 1.31. The van der Waals surface area contributed by atoms with Crippen LogP contribution >= 0.6 is 23.2 Å². The first kappa shape index (κ1) is 23.7. The van der Waals surface area contributed by atoms with Crippen molar-refractivity contribution in [2.75, 3.05) is 38.2 Å². The second-order valence-electron chi connectivity index (χ2n) is 7.61. The average molecular weight is 502 g/mol. The van der Waals surface area contributed by atoms with E-state index in [1.54, 1.807) is 48.7 Å². The molecule has 1 N–H and O–H groups in total. The molecule has 0 aliphatic carbocycles. The van der Waals surface area contributed by atoms with Crippen LogP contribution in [-0.4, -0.2) is 60.3 Å². The van der Waals surface area contributed by atoms with Gasteiger partial charge in [-0.15, -0.1) is 0 Å². The maximum Gasteiger partial charge on any atom is 0.407 e. The molecule has 2 heterocycles. The number of hydrogen-bond donors (Lipinski definition) is 1. The first-order chi connectivity index (χ1) is 16.3. The van der Waals surface area contributed by atoms with Crippen molar-refractivity contribution in [3.63, 3.8) is 0 Å². The monoisotopic (exact) mass is 501 g/mol. The van der Waals surface area contributed by atoms with Gasteiger partial charge < -0.3 is 24.4 Å². The maximum atomic E-state index is 12.2. The number of rotatable bonds is 5. The van der Waals surface area contributed by atoms with E-state index in [4.69, 9.17) is 37.8 Å². The lowest BCUT2D eigenvalue weighted by atomic mass is 10.0. The van der Waals surface area contributed by atoms with Gasteiger partial charge in [0.2, 0.25) is 0 Å². The summed E-state index contributed by atoms with van der Waals surface area (Å²) in [5.74, 6) is 1.12. The highest BCUT2D eigenvalue weighted by Crippen LogP contribution is 2.33. The minimum atomic E-state index is -0.912. The van der Waals surface area contributed by atoms with Crippen molar-refractivity contribution in [2.45, 2.75) is 0 Å². The Morgan fingerprint density at radius 3 is 2.18 bits per heavy atom. The van der Waals surface area contributed by atoms with Gasteiger partial charge in [-0.2, -0.15) is 0 Å². The van der Waals surface area contributed by atoms with Crippen LogP contribution in [0.2, 0.25) is 10.0 Å². The Bertz CT molecular complexity index is 1190. The highest BCUT2D eigenvalue weighted by Gasteiger charge is 2.21. The third-order valence-corrected chi connectivity index (χ3v) is 5.79. The molecule has 0 bridgehead atoms. The Balaban J connectivity index is 1.56. The lowest BCUT2D eigenvalue weighted by Crippen LogP contribution is -2.48. The number of halogens is 2. The maximum absolute atomic E-state index is 12.2. The average Bonchev–Trinajstić information content (AvgIpc) is 2.83. The number of nitrogens with zero attached hydrogens (tertiary/aromatic N) is 3. The van der Waals surface area contributed by atoms with Crippen LogP contribution in [0, 0.1) is 0 Å². The largest absolute Gasteiger partial charge is 0.465 e. The van der Waals surface area contributed by atoms with Crippen molar-refractivity contribution in [1.82, 2.24) is 9.88 Å². The normalized spacial score (nSPS) is 13.5. The fourth-order valence-corrected chi connectivity index (χ4v) is 4.19. The molecular formula is C24H21Cl2N3O5. The molecule has 1 aliphatic heterocycles. The molecule has 10 heteroatoms. The lowest BCUT2D eigenvalue weighted by Gasteiger charge is -2.33. The molecule has 1 amide bonds. The van der Waals surface area contributed by atoms with Crippen LogP contribution in [0.3, 0.4) is 0 Å². The fraction of sp³-hybridized carbons (Fsp3) is 0.208. The number of hydrogen-bond acceptors (Lipinski definition) is 6. The molecule has 0 spiro atoms. The molecule has 176 valence electrons. The zero-order valence-electron chi connectivity index (χ0n) is 18.2. The summed E-state index contributed by atoms with van der Waals surface area (Å²) >= 11 is 12.3. The van der Waals surface area contributed by atoms with Crippen molar-refractivity contribution in [3.8, 4) is 22.6 Å². The van der Waals surface area contributed by atoms with Gasteiger partial charge in [-0.05, 0) is 59.7 Å². The summed E-state index contributed by atoms with van der Waals surface area (Å²) in [6.07, 6.45) is 0.671. The lowest BCUT2D eigenvalue weighted by molar-refractivity contribution is 0.0600. The fourth-order valence-electron chi connectivity index (χ4n) is 3.66. The number of anilines is 1. The van der Waals surface area contributed by atoms with E-state index in [0.29, 0.717) is 58.9 Å². The minimum Gasteiger partial charge on any atom is -0.465 e. The van der Waals surface area contributed by atoms with E-state index in [2.05, 4.69) is 4.98 Å². The summed E-state index contributed by atoms with van der Waals surface area (Å²) in [5, 5.41) is 10.0. The SMILES string of the molecule is COC(=O)c1cc(Oc2ccc(N3CCN(C(=O)O)CC3)nc2)cc(-c2cc(Cl)cc(Cl)c2)c1. The van der Waals surface area contributed by atoms with Crippen molar-refractivity contribution in [1.29, 1.82) is 0 Å². The molecule has 34 heavy (non-hydrogen) atoms. The van der Waals surface area contributed by atoms with Crippen molar-refractivity contribution < 1.29 is 24.2 Å². The first-order valence-corrected chi connectivity index (χ1v) is 11.1. The Hall–Kier alpha value is -3.49. The third-order valence-electron chi connectivity index (χ3n) is 5.35. The molecule has 2 aromatic carbocycles. The van der Waals surface area contributed by atoms with E-state index < -0.39 is 12.1 Å². The van der Waals surface area contributed by atoms with Gasteiger partial charge in [0.1, 0.15) is 17.3 Å². The minimum absolute atomic E-state index is 0.312. The first-order valence-electron chi connectivity index (χ1n) is 10.4. The Morgan fingerprint density at radius 1 is 0.912 bits per heavy atom. The predicted molar refractivity (Wildman–Crippen MR) is 129 cm³/mol. The summed E-state index contributed by atoms with van der Waals surface area (Å²) in [5.41, 5.74) is 1.72. The summed E-state index contributed by atoms with van der Waals surface area (Å²) in [4.78, 5) is 31.2. The van der Waals surface area contributed by atoms with Crippen LogP contribution in [0.4, 0.5) is 10.6 Å². The number of ether oxygens (including phenoxy) is 2. The van der Waals surface area contributed by atoms with Crippen LogP contribution < -0.4 is 9.64 Å². The molecule has 8 nitrogen and oxygen atoms in total. The predicted octanol–water partition coefficient (Wildman–Crippen LogP) is 5.43. The van der Waals surface area contributed by atoms with Crippen LogP contribution in [0.5, 0.6) is 11.5 Å². The summed E-state index contributed by atoms with van der Waals surface area (Å²) < 4.78 is 10.9. The van der Waals surface area contributed by atoms with E-state index in [1.807, 2.05) is 11.0 Å². The van der Waals surface area contributed by atoms with Crippen molar-refractivity contribution >= 4 is 41.1 Å². The standard InChI is InChI=1S/C24H21Cl2N3O5/c1-33-23(30)17-8-15(16-9-18(25)13-19(26)10-16)11-21(12-17)34-20-2-3-22(27-14-20)28-4-6-29(7-5-28)24(31)32/h2-3,8-14H,4-7H2,1H3,(H,31,32). The molecule has 0 radical (unpaired) electrons. The Labute approximate surface area is 206 Å². The zero-order valence-corrected chi connectivity index (χ0v) is 19.7. The number of methoxy groups -OCH3 is 1. The highest BCUT2D eigenvalue weighted by atomic mass is 35.5. The summed E-state index contributed by atoms with van der Waals surface area (Å²) in [6.45, 7) is 1.97. The quantitative estimate of drug-likeness (QED) is 0.465. The van der Waals surface area contributed by atoms with Gasteiger partial charge in [0.05, 0.1) is 18.9 Å². The van der Waals surface area contributed by atoms with Crippen molar-refractivity contribution in [3.05, 3.63) is 70.3 Å². The molecule has 4 rings (SSSR count). The van der Waals surface area contributed by atoms with E-state index in [1.165, 1.54) is 12.0 Å². The molecule has 1 fully saturated rings. The van der Waals surface area contributed by atoms with Gasteiger partial charge in [-0.3, -0.25) is 0 Å². The topological polar surface area (TPSA) is 92.2 Å². The van der Waals surface area contributed by atoms with Gasteiger partial charge >= 0.3 is 12.1 Å². The molecule has 0 unspecified atom stereocenters. The van der Waals surface area contributed by atoms with Gasteiger partial charge in [0.15, 0.2) is 0 Å². The van der Waals surface area contributed by atoms with Crippen LogP contribution in [0.25, 0.3) is 11.1 Å². The van der Waals surface area contributed by atoms with Crippen LogP contribution in [0.15, 0.2) is 54.7 Å². The number of benzene rings is 2. The van der Waals surface area contributed by atoms with E-state index in [0.717, 1.165) is 11.4 Å². The van der Waals surface area contributed by atoms with Gasteiger partial charge in [0, 0.05) is 36.2 Å². The third kappa shape index (κ3) is 5.52. The molecule has 0 saturated carbocycles. The number of amides is 1. The van der Waals surface area contributed by atoms with E-state index >= 15 is 0 Å². The Kier molecular flexibility index (Phi) is 7.09. The van der Waals surface area contributed by atoms with Gasteiger partial charge in [-0.1, -0.05) is 23.2 Å². The number of pyridine rings is 1. The number of esters is 1.